The van der Waals surface area contributed by atoms with Gasteiger partial charge in [-0.1, -0.05) is 49.8 Å². The highest BCUT2D eigenvalue weighted by molar-refractivity contribution is 7.86. The van der Waals surface area contributed by atoms with Crippen LogP contribution in [0.15, 0.2) is 59.5 Å². The van der Waals surface area contributed by atoms with Crippen LogP contribution in [-0.4, -0.2) is 50.2 Å². The molecule has 37 heavy (non-hydrogen) atoms. The molecule has 0 saturated heterocycles. The molecule has 0 radical (unpaired) electrons. The van der Waals surface area contributed by atoms with Gasteiger partial charge in [-0.3, -0.25) is 4.18 Å². The second kappa shape index (κ2) is 14.3. The number of unbranched alkanes of at least 4 members (excludes halogenated alkanes) is 1. The number of ether oxygens (including phenoxy) is 1. The zero-order valence-electron chi connectivity index (χ0n) is 21.4. The summed E-state index contributed by atoms with van der Waals surface area (Å²) < 4.78 is 35.3. The maximum atomic E-state index is 12.5. The Kier molecular flexibility index (Phi) is 10.8. The van der Waals surface area contributed by atoms with Crippen LogP contribution in [0.3, 0.4) is 0 Å². The monoisotopic (exact) mass is 526 g/mol. The van der Waals surface area contributed by atoms with Crippen molar-refractivity contribution in [2.45, 2.75) is 38.0 Å². The van der Waals surface area contributed by atoms with Crippen LogP contribution in [-0.2, 0) is 19.0 Å². The van der Waals surface area contributed by atoms with E-state index in [-0.39, 0.29) is 10.8 Å². The number of nitrogens with one attached hydrogen (secondary N) is 3. The number of aromatic nitrogens is 3. The molecule has 0 saturated carbocycles. The summed E-state index contributed by atoms with van der Waals surface area (Å²) in [7, 11) is -2.79. The van der Waals surface area contributed by atoms with E-state index < -0.39 is 10.1 Å². The Morgan fingerprint density at radius 2 is 1.57 bits per heavy atom. The van der Waals surface area contributed by atoms with Gasteiger partial charge in [0.25, 0.3) is 10.1 Å². The van der Waals surface area contributed by atoms with E-state index in [4.69, 9.17) is 8.92 Å². The summed E-state index contributed by atoms with van der Waals surface area (Å²) in [5.74, 6) is 0.954. The first kappa shape index (κ1) is 28.0. The van der Waals surface area contributed by atoms with Crippen molar-refractivity contribution in [3.05, 3.63) is 60.2 Å². The lowest BCUT2D eigenvalue weighted by Crippen LogP contribution is -2.12. The Hall–Kier alpha value is -3.54. The Balaban J connectivity index is 1.83. The fourth-order valence-electron chi connectivity index (χ4n) is 3.31. The third kappa shape index (κ3) is 8.81. The van der Waals surface area contributed by atoms with E-state index in [1.54, 1.807) is 24.3 Å². The highest BCUT2D eigenvalue weighted by Crippen LogP contribution is 2.26. The molecule has 0 aliphatic carbocycles. The fraction of sp³-hybridized carbons (Fsp3) is 0.346. The number of hydrogen-bond acceptors (Lipinski definition) is 10. The second-order valence-electron chi connectivity index (χ2n) is 8.04. The molecule has 1 aromatic heterocycles. The SMILES string of the molecule is CC=Cc1ccc(Nc2nc(NCCCOCCCC)nc(Nc3ccccc3)n2)cc1S(=O)(=O)OC. The van der Waals surface area contributed by atoms with Crippen LogP contribution in [0.2, 0.25) is 0 Å². The van der Waals surface area contributed by atoms with Gasteiger partial charge in [0.15, 0.2) is 0 Å². The Bertz CT molecular complexity index is 1270. The first-order chi connectivity index (χ1) is 17.9. The van der Waals surface area contributed by atoms with E-state index >= 15 is 0 Å². The third-order valence-electron chi connectivity index (χ3n) is 5.16. The topological polar surface area (TPSA) is 127 Å². The highest BCUT2D eigenvalue weighted by atomic mass is 32.2. The summed E-state index contributed by atoms with van der Waals surface area (Å²) in [4.78, 5) is 13.5. The number of rotatable bonds is 15. The molecule has 0 aliphatic rings. The van der Waals surface area contributed by atoms with Gasteiger partial charge in [0, 0.05) is 31.1 Å². The molecule has 3 aromatic rings. The first-order valence-electron chi connectivity index (χ1n) is 12.2. The summed E-state index contributed by atoms with van der Waals surface area (Å²) in [5, 5.41) is 9.48. The van der Waals surface area contributed by atoms with Crippen molar-refractivity contribution < 1.29 is 17.3 Å². The lowest BCUT2D eigenvalue weighted by atomic mass is 10.2. The second-order valence-corrected chi connectivity index (χ2v) is 9.72. The largest absolute Gasteiger partial charge is 0.381 e. The average molecular weight is 527 g/mol. The molecule has 3 rings (SSSR count). The Morgan fingerprint density at radius 3 is 2.24 bits per heavy atom. The number of para-hydroxylation sites is 1. The van der Waals surface area contributed by atoms with Gasteiger partial charge in [-0.05, 0) is 49.6 Å². The maximum Gasteiger partial charge on any atom is 0.297 e. The van der Waals surface area contributed by atoms with Crippen LogP contribution in [0.5, 0.6) is 0 Å². The van der Waals surface area contributed by atoms with E-state index in [0.717, 1.165) is 38.7 Å². The number of benzene rings is 2. The predicted octanol–water partition coefficient (Wildman–Crippen LogP) is 5.35. The molecule has 0 amide bonds. The van der Waals surface area contributed by atoms with Crippen molar-refractivity contribution in [1.29, 1.82) is 0 Å². The van der Waals surface area contributed by atoms with Gasteiger partial charge in [-0.25, -0.2) is 0 Å². The molecule has 198 valence electrons. The first-order valence-corrected chi connectivity index (χ1v) is 13.6. The molecular weight excluding hydrogens is 492 g/mol. The van der Waals surface area contributed by atoms with Gasteiger partial charge in [0.05, 0.1) is 7.11 Å². The van der Waals surface area contributed by atoms with Crippen LogP contribution < -0.4 is 16.0 Å². The summed E-state index contributed by atoms with van der Waals surface area (Å²) >= 11 is 0. The molecule has 0 bridgehead atoms. The van der Waals surface area contributed by atoms with Crippen molar-refractivity contribution in [3.8, 4) is 0 Å². The van der Waals surface area contributed by atoms with E-state index in [2.05, 4.69) is 37.8 Å². The molecule has 11 heteroatoms. The molecule has 2 aromatic carbocycles. The minimum Gasteiger partial charge on any atom is -0.381 e. The van der Waals surface area contributed by atoms with Crippen molar-refractivity contribution in [1.82, 2.24) is 15.0 Å². The maximum absolute atomic E-state index is 12.5. The van der Waals surface area contributed by atoms with Gasteiger partial charge in [-0.2, -0.15) is 23.4 Å². The molecule has 0 fully saturated rings. The normalized spacial score (nSPS) is 11.5. The molecule has 3 N–H and O–H groups in total. The summed E-state index contributed by atoms with van der Waals surface area (Å²) in [6, 6.07) is 14.5. The molecular formula is C26H34N6O4S. The quantitative estimate of drug-likeness (QED) is 0.176. The van der Waals surface area contributed by atoms with E-state index in [1.807, 2.05) is 37.3 Å². The minimum atomic E-state index is -3.93. The van der Waals surface area contributed by atoms with Crippen LogP contribution in [0.1, 0.15) is 38.7 Å². The number of anilines is 5. The summed E-state index contributed by atoms with van der Waals surface area (Å²) in [6.45, 7) is 5.97. The molecule has 0 unspecified atom stereocenters. The summed E-state index contributed by atoms with van der Waals surface area (Å²) in [5.41, 5.74) is 1.82. The molecule has 1 heterocycles. The minimum absolute atomic E-state index is 0.0382. The smallest absolute Gasteiger partial charge is 0.297 e. The van der Waals surface area contributed by atoms with Gasteiger partial charge < -0.3 is 20.7 Å². The third-order valence-corrected chi connectivity index (χ3v) is 6.49. The summed E-state index contributed by atoms with van der Waals surface area (Å²) in [6.07, 6.45) is 6.41. The Labute approximate surface area is 218 Å². The van der Waals surface area contributed by atoms with Gasteiger partial charge >= 0.3 is 0 Å². The lowest BCUT2D eigenvalue weighted by molar-refractivity contribution is 0.131. The average Bonchev–Trinajstić information content (AvgIpc) is 2.89. The van der Waals surface area contributed by atoms with Crippen molar-refractivity contribution in [3.63, 3.8) is 0 Å². The lowest BCUT2D eigenvalue weighted by Gasteiger charge is -2.13. The fourth-order valence-corrected chi connectivity index (χ4v) is 4.18. The van der Waals surface area contributed by atoms with Crippen LogP contribution >= 0.6 is 0 Å². The number of hydrogen-bond donors (Lipinski definition) is 3. The van der Waals surface area contributed by atoms with E-state index in [0.29, 0.717) is 36.3 Å². The molecule has 0 atom stereocenters. The van der Waals surface area contributed by atoms with E-state index in [9.17, 15) is 8.42 Å². The predicted molar refractivity (Wildman–Crippen MR) is 147 cm³/mol. The standard InChI is InChI=1S/C26H34N6O4S/c1-4-6-17-36-18-10-16-27-24-30-25(28-21-12-8-7-9-13-21)32-26(31-24)29-22-15-14-20(11-5-2)23(19-22)37(33,34)35-3/h5,7-9,11-15,19H,4,6,10,16-18H2,1-3H3,(H3,27,28,29,30,31,32). The van der Waals surface area contributed by atoms with E-state index in [1.165, 1.54) is 6.07 Å². The van der Waals surface area contributed by atoms with Crippen LogP contribution in [0.4, 0.5) is 29.2 Å². The van der Waals surface area contributed by atoms with Crippen molar-refractivity contribution >= 4 is 45.4 Å². The number of allylic oxidation sites excluding steroid dienone is 1. The van der Waals surface area contributed by atoms with Crippen molar-refractivity contribution in [2.75, 3.05) is 42.8 Å². The zero-order chi connectivity index (χ0) is 26.5. The number of nitrogens with zero attached hydrogens (tertiary/aromatic N) is 3. The molecule has 0 aliphatic heterocycles. The van der Waals surface area contributed by atoms with Gasteiger partial charge in [0.2, 0.25) is 17.8 Å². The van der Waals surface area contributed by atoms with Gasteiger partial charge in [0.1, 0.15) is 4.90 Å². The Morgan fingerprint density at radius 1 is 0.892 bits per heavy atom. The molecule has 0 spiro atoms. The van der Waals surface area contributed by atoms with Crippen LogP contribution in [0.25, 0.3) is 6.08 Å². The molecule has 10 nitrogen and oxygen atoms in total. The highest BCUT2D eigenvalue weighted by Gasteiger charge is 2.18. The van der Waals surface area contributed by atoms with Crippen LogP contribution in [0, 0.1) is 0 Å². The van der Waals surface area contributed by atoms with Gasteiger partial charge in [-0.15, -0.1) is 0 Å². The zero-order valence-corrected chi connectivity index (χ0v) is 22.2. The van der Waals surface area contributed by atoms with Crippen molar-refractivity contribution in [2.24, 2.45) is 0 Å².